The number of hydrogen-bond donors (Lipinski definition) is 0. The molecule has 0 aliphatic rings. The van der Waals surface area contributed by atoms with Gasteiger partial charge in [-0.2, -0.15) is 5.10 Å². The van der Waals surface area contributed by atoms with Crippen LogP contribution in [-0.4, -0.2) is 14.8 Å². The van der Waals surface area contributed by atoms with Crippen LogP contribution in [0.5, 0.6) is 0 Å². The van der Waals surface area contributed by atoms with E-state index >= 15 is 0 Å². The number of hydrogen-bond acceptors (Lipinski definition) is 3. The van der Waals surface area contributed by atoms with Gasteiger partial charge in [-0.1, -0.05) is 18.5 Å². The molecule has 68 valence electrons. The Morgan fingerprint density at radius 3 is 3.00 bits per heavy atom. The number of rotatable bonds is 2. The van der Waals surface area contributed by atoms with E-state index in [1.54, 1.807) is 10.1 Å². The minimum atomic E-state index is 0.522. The fraction of sp³-hybridized carbons (Fsp3) is 0.250. The smallest absolute Gasteiger partial charge is 0.211 e. The summed E-state index contributed by atoms with van der Waals surface area (Å²) >= 11 is 7.19. The van der Waals surface area contributed by atoms with Crippen LogP contribution in [0.15, 0.2) is 17.8 Å². The molecule has 0 aliphatic carbocycles. The van der Waals surface area contributed by atoms with Crippen LogP contribution in [0.4, 0.5) is 0 Å². The van der Waals surface area contributed by atoms with E-state index in [1.165, 1.54) is 16.9 Å². The van der Waals surface area contributed by atoms with Crippen LogP contribution in [-0.2, 0) is 6.42 Å². The van der Waals surface area contributed by atoms with Gasteiger partial charge in [0, 0.05) is 11.6 Å². The van der Waals surface area contributed by atoms with Crippen LogP contribution in [0.2, 0.25) is 5.15 Å². The lowest BCUT2D eigenvalue weighted by atomic mass is 10.3. The fourth-order valence-electron chi connectivity index (χ4n) is 0.998. The number of thiazole rings is 1. The normalized spacial score (nSPS) is 10.6. The third-order valence-corrected chi connectivity index (χ3v) is 2.86. The first kappa shape index (κ1) is 8.72. The predicted octanol–water partition coefficient (Wildman–Crippen LogP) is 2.54. The lowest BCUT2D eigenvalue weighted by Gasteiger charge is -1.91. The first-order valence-corrected chi connectivity index (χ1v) is 5.20. The van der Waals surface area contributed by atoms with Gasteiger partial charge in [-0.3, -0.25) is 0 Å². The van der Waals surface area contributed by atoms with Crippen LogP contribution in [0.25, 0.3) is 5.13 Å². The van der Waals surface area contributed by atoms with Gasteiger partial charge in [-0.15, -0.1) is 11.3 Å². The molecule has 0 bridgehead atoms. The molecule has 0 N–H and O–H groups in total. The van der Waals surface area contributed by atoms with E-state index in [2.05, 4.69) is 17.0 Å². The summed E-state index contributed by atoms with van der Waals surface area (Å²) in [5, 5.41) is 7.30. The highest BCUT2D eigenvalue weighted by molar-refractivity contribution is 7.12. The molecule has 3 nitrogen and oxygen atoms in total. The van der Waals surface area contributed by atoms with Gasteiger partial charge in [0.2, 0.25) is 5.13 Å². The maximum Gasteiger partial charge on any atom is 0.211 e. The maximum absolute atomic E-state index is 5.71. The average molecular weight is 214 g/mol. The summed E-state index contributed by atoms with van der Waals surface area (Å²) in [6, 6.07) is 0. The molecule has 2 aromatic rings. The quantitative estimate of drug-likeness (QED) is 0.768. The van der Waals surface area contributed by atoms with Gasteiger partial charge < -0.3 is 0 Å². The molecule has 0 aliphatic heterocycles. The first-order chi connectivity index (χ1) is 6.29. The summed E-state index contributed by atoms with van der Waals surface area (Å²) in [6.45, 7) is 2.09. The SMILES string of the molecule is CCc1cnn(-c2nc(Cl)cs2)c1. The van der Waals surface area contributed by atoms with Crippen LogP contribution < -0.4 is 0 Å². The van der Waals surface area contributed by atoms with Crippen molar-refractivity contribution in [3.63, 3.8) is 0 Å². The van der Waals surface area contributed by atoms with Gasteiger partial charge in [-0.05, 0) is 12.0 Å². The molecule has 0 amide bonds. The van der Waals surface area contributed by atoms with E-state index in [9.17, 15) is 0 Å². The summed E-state index contributed by atoms with van der Waals surface area (Å²) in [5.74, 6) is 0. The van der Waals surface area contributed by atoms with Crippen LogP contribution >= 0.6 is 22.9 Å². The largest absolute Gasteiger partial charge is 0.213 e. The second-order valence-electron chi connectivity index (χ2n) is 2.60. The van der Waals surface area contributed by atoms with Crippen molar-refractivity contribution in [2.45, 2.75) is 13.3 Å². The van der Waals surface area contributed by atoms with Crippen molar-refractivity contribution < 1.29 is 0 Å². The number of halogens is 1. The zero-order chi connectivity index (χ0) is 9.26. The van der Waals surface area contributed by atoms with Crippen molar-refractivity contribution in [3.05, 3.63) is 28.5 Å². The highest BCUT2D eigenvalue weighted by Crippen LogP contribution is 2.17. The zero-order valence-corrected chi connectivity index (χ0v) is 8.64. The summed E-state index contributed by atoms with van der Waals surface area (Å²) in [6.07, 6.45) is 4.80. The van der Waals surface area contributed by atoms with Crippen LogP contribution in [0.1, 0.15) is 12.5 Å². The third kappa shape index (κ3) is 1.73. The Labute approximate surface area is 85.0 Å². The lowest BCUT2D eigenvalue weighted by Crippen LogP contribution is -1.92. The van der Waals surface area contributed by atoms with Crippen LogP contribution in [0, 0.1) is 0 Å². The minimum absolute atomic E-state index is 0.522. The van der Waals surface area contributed by atoms with E-state index in [1.807, 2.05) is 12.4 Å². The summed E-state index contributed by atoms with van der Waals surface area (Å²) in [5.41, 5.74) is 1.20. The van der Waals surface area contributed by atoms with Gasteiger partial charge in [0.1, 0.15) is 5.15 Å². The van der Waals surface area contributed by atoms with E-state index in [-0.39, 0.29) is 0 Å². The summed E-state index contributed by atoms with van der Waals surface area (Å²) < 4.78 is 1.75. The van der Waals surface area contributed by atoms with Gasteiger partial charge in [0.05, 0.1) is 6.20 Å². The molecule has 0 radical (unpaired) electrons. The topological polar surface area (TPSA) is 30.7 Å². The van der Waals surface area contributed by atoms with Crippen molar-refractivity contribution in [1.82, 2.24) is 14.8 Å². The Balaban J connectivity index is 2.35. The standard InChI is InChI=1S/C8H8ClN3S/c1-2-6-3-10-12(4-6)8-11-7(9)5-13-8/h3-5H,2H2,1H3. The van der Waals surface area contributed by atoms with E-state index in [0.717, 1.165) is 11.6 Å². The van der Waals surface area contributed by atoms with Gasteiger partial charge in [0.15, 0.2) is 0 Å². The Morgan fingerprint density at radius 1 is 1.62 bits per heavy atom. The maximum atomic E-state index is 5.71. The molecular formula is C8H8ClN3S. The second-order valence-corrected chi connectivity index (χ2v) is 3.82. The van der Waals surface area contributed by atoms with Crippen molar-refractivity contribution in [3.8, 4) is 5.13 Å². The highest BCUT2D eigenvalue weighted by Gasteiger charge is 2.03. The number of aryl methyl sites for hydroxylation is 1. The average Bonchev–Trinajstić information content (AvgIpc) is 2.71. The summed E-state index contributed by atoms with van der Waals surface area (Å²) in [7, 11) is 0. The molecule has 0 atom stereocenters. The van der Waals surface area contributed by atoms with E-state index < -0.39 is 0 Å². The fourth-order valence-corrected chi connectivity index (χ4v) is 1.88. The highest BCUT2D eigenvalue weighted by atomic mass is 35.5. The van der Waals surface area contributed by atoms with Gasteiger partial charge >= 0.3 is 0 Å². The van der Waals surface area contributed by atoms with Crippen molar-refractivity contribution in [2.75, 3.05) is 0 Å². The molecule has 2 rings (SSSR count). The minimum Gasteiger partial charge on any atom is -0.213 e. The van der Waals surface area contributed by atoms with Crippen molar-refractivity contribution in [1.29, 1.82) is 0 Å². The molecule has 5 heteroatoms. The first-order valence-electron chi connectivity index (χ1n) is 3.94. The Kier molecular flexibility index (Phi) is 2.33. The Hall–Kier alpha value is -0.870. The molecule has 0 unspecified atom stereocenters. The molecule has 0 aromatic carbocycles. The van der Waals surface area contributed by atoms with Gasteiger partial charge in [0.25, 0.3) is 0 Å². The zero-order valence-electron chi connectivity index (χ0n) is 7.07. The third-order valence-electron chi connectivity index (χ3n) is 1.70. The molecule has 0 spiro atoms. The van der Waals surface area contributed by atoms with Crippen molar-refractivity contribution in [2.24, 2.45) is 0 Å². The van der Waals surface area contributed by atoms with Crippen molar-refractivity contribution >= 4 is 22.9 Å². The molecule has 13 heavy (non-hydrogen) atoms. The van der Waals surface area contributed by atoms with E-state index in [4.69, 9.17) is 11.6 Å². The monoisotopic (exact) mass is 213 g/mol. The van der Waals surface area contributed by atoms with Gasteiger partial charge in [-0.25, -0.2) is 9.67 Å². The van der Waals surface area contributed by atoms with E-state index in [0.29, 0.717) is 5.15 Å². The molecule has 2 heterocycles. The van der Waals surface area contributed by atoms with Crippen LogP contribution in [0.3, 0.4) is 0 Å². The molecule has 2 aromatic heterocycles. The lowest BCUT2D eigenvalue weighted by molar-refractivity contribution is 0.869. The number of nitrogens with zero attached hydrogens (tertiary/aromatic N) is 3. The second kappa shape index (κ2) is 3.47. The molecule has 0 saturated heterocycles. The molecular weight excluding hydrogens is 206 g/mol. The Bertz CT molecular complexity index is 407. The Morgan fingerprint density at radius 2 is 2.46 bits per heavy atom. The predicted molar refractivity (Wildman–Crippen MR) is 53.6 cm³/mol. The number of aromatic nitrogens is 3. The summed E-state index contributed by atoms with van der Waals surface area (Å²) in [4.78, 5) is 4.11. The molecule has 0 saturated carbocycles. The molecule has 0 fully saturated rings.